The molecule has 0 spiro atoms. The molecule has 0 aliphatic rings. The molecule has 0 fully saturated rings. The van der Waals surface area contributed by atoms with E-state index in [4.69, 9.17) is 0 Å². The number of sulfonamides is 1. The lowest BCUT2D eigenvalue weighted by Gasteiger charge is -2.11. The maximum absolute atomic E-state index is 13.0. The fourth-order valence-electron chi connectivity index (χ4n) is 2.21. The fraction of sp³-hybridized carbons (Fsp3) is 0.167. The molecular weight excluding hydrogens is 431 g/mol. The Balaban J connectivity index is 2.09. The number of alkyl halides is 3. The maximum Gasteiger partial charge on any atom is 0.437 e. The van der Waals surface area contributed by atoms with Gasteiger partial charge in [0, 0.05) is 17.7 Å². The van der Waals surface area contributed by atoms with Gasteiger partial charge >= 0.3 is 11.9 Å². The smallest absolute Gasteiger partial charge is 0.306 e. The molecule has 3 N–H and O–H groups in total. The first-order valence-electron chi connectivity index (χ1n) is 6.52. The van der Waals surface area contributed by atoms with Crippen molar-refractivity contribution >= 4 is 42.7 Å². The molecule has 0 bridgehead atoms. The van der Waals surface area contributed by atoms with Crippen LogP contribution in [0.25, 0.3) is 11.0 Å². The van der Waals surface area contributed by atoms with Crippen LogP contribution >= 0.6 is 15.9 Å². The number of hydrogen-bond acceptors (Lipinski definition) is 4. The summed E-state index contributed by atoms with van der Waals surface area (Å²) in [4.78, 5) is 15.8. The molecule has 8 nitrogen and oxygen atoms in total. The number of aromatic amines is 2. The Morgan fingerprint density at radius 1 is 1.24 bits per heavy atom. The van der Waals surface area contributed by atoms with Crippen LogP contribution in [0, 0.1) is 0 Å². The first-order chi connectivity index (χ1) is 11.5. The lowest BCUT2D eigenvalue weighted by Crippen LogP contribution is -2.17. The molecule has 25 heavy (non-hydrogen) atoms. The van der Waals surface area contributed by atoms with Gasteiger partial charge in [-0.2, -0.15) is 18.3 Å². The third-order valence-electron chi connectivity index (χ3n) is 3.20. The first-order valence-corrected chi connectivity index (χ1v) is 8.80. The van der Waals surface area contributed by atoms with Crippen LogP contribution in [-0.4, -0.2) is 28.2 Å². The molecule has 0 aliphatic heterocycles. The molecule has 2 aromatic heterocycles. The van der Waals surface area contributed by atoms with Crippen LogP contribution in [0.15, 0.2) is 32.5 Å². The van der Waals surface area contributed by atoms with E-state index in [9.17, 15) is 26.4 Å². The summed E-state index contributed by atoms with van der Waals surface area (Å²) < 4.78 is 66.7. The second-order valence-corrected chi connectivity index (χ2v) is 7.58. The van der Waals surface area contributed by atoms with Crippen molar-refractivity contribution in [2.24, 2.45) is 7.05 Å². The number of hydrogen-bond donors (Lipinski definition) is 3. The molecule has 1 aromatic carbocycles. The number of rotatable bonds is 3. The minimum atomic E-state index is -4.83. The normalized spacial score (nSPS) is 12.7. The summed E-state index contributed by atoms with van der Waals surface area (Å²) in [6.07, 6.45) is -3.92. The number of aryl methyl sites for hydroxylation is 1. The highest BCUT2D eigenvalue weighted by Crippen LogP contribution is 2.35. The molecule has 0 radical (unpaired) electrons. The van der Waals surface area contributed by atoms with Gasteiger partial charge in [-0.05, 0) is 28.1 Å². The third-order valence-corrected chi connectivity index (χ3v) is 5.52. The van der Waals surface area contributed by atoms with Gasteiger partial charge in [0.15, 0.2) is 5.69 Å². The molecule has 0 unspecified atom stereocenters. The van der Waals surface area contributed by atoms with E-state index in [1.165, 1.54) is 13.1 Å². The van der Waals surface area contributed by atoms with Crippen molar-refractivity contribution in [1.82, 2.24) is 19.7 Å². The summed E-state index contributed by atoms with van der Waals surface area (Å²) >= 11 is 3.04. The summed E-state index contributed by atoms with van der Waals surface area (Å²) in [6, 6.07) is 2.46. The van der Waals surface area contributed by atoms with Crippen molar-refractivity contribution in [2.45, 2.75) is 11.1 Å². The van der Waals surface area contributed by atoms with Gasteiger partial charge in [0.25, 0.3) is 10.0 Å². The summed E-state index contributed by atoms with van der Waals surface area (Å²) in [5.41, 5.74) is -2.07. The second-order valence-electron chi connectivity index (χ2n) is 5.08. The zero-order chi connectivity index (χ0) is 18.6. The SMILES string of the molecule is Cn1cc(NS(=O)(=O)c2cc3[nH]c(=O)[nH]c3cc2Br)c(C(F)(F)F)n1. The van der Waals surface area contributed by atoms with Crippen LogP contribution in [0.4, 0.5) is 18.9 Å². The van der Waals surface area contributed by atoms with Crippen molar-refractivity contribution < 1.29 is 21.6 Å². The van der Waals surface area contributed by atoms with E-state index in [1.807, 2.05) is 4.72 Å². The lowest BCUT2D eigenvalue weighted by molar-refractivity contribution is -0.140. The molecule has 0 saturated heterocycles. The van der Waals surface area contributed by atoms with Crippen molar-refractivity contribution in [1.29, 1.82) is 0 Å². The van der Waals surface area contributed by atoms with Gasteiger partial charge in [0.05, 0.1) is 16.7 Å². The number of aromatic nitrogens is 4. The topological polar surface area (TPSA) is 113 Å². The monoisotopic (exact) mass is 439 g/mol. The Morgan fingerprint density at radius 2 is 1.84 bits per heavy atom. The molecule has 3 rings (SSSR count). The van der Waals surface area contributed by atoms with E-state index < -0.39 is 33.3 Å². The predicted octanol–water partition coefficient (Wildman–Crippen LogP) is 2.17. The van der Waals surface area contributed by atoms with Crippen LogP contribution in [0.2, 0.25) is 0 Å². The molecule has 2 heterocycles. The molecule has 0 saturated carbocycles. The standard InChI is InChI=1S/C12H9BrF3N5O3S/c1-21-4-8(10(19-21)12(14,15)16)20-25(23,24)9-3-7-6(2-5(9)13)17-11(22)18-7/h2-4,20H,1H3,(H2,17,18,22). The molecular formula is C12H9BrF3N5O3S. The molecule has 0 atom stereocenters. The van der Waals surface area contributed by atoms with Crippen LogP contribution < -0.4 is 10.4 Å². The van der Waals surface area contributed by atoms with Crippen molar-refractivity contribution in [2.75, 3.05) is 4.72 Å². The van der Waals surface area contributed by atoms with Crippen molar-refractivity contribution in [3.8, 4) is 0 Å². The average Bonchev–Trinajstić information content (AvgIpc) is 2.98. The number of benzene rings is 1. The molecule has 3 aromatic rings. The average molecular weight is 440 g/mol. The first kappa shape index (κ1) is 17.5. The van der Waals surface area contributed by atoms with E-state index in [-0.39, 0.29) is 14.9 Å². The highest BCUT2D eigenvalue weighted by molar-refractivity contribution is 9.10. The highest BCUT2D eigenvalue weighted by Gasteiger charge is 2.38. The summed E-state index contributed by atoms with van der Waals surface area (Å²) in [5, 5.41) is 3.24. The number of imidazole rings is 1. The molecule has 0 aliphatic carbocycles. The van der Waals surface area contributed by atoms with E-state index in [0.29, 0.717) is 5.52 Å². The van der Waals surface area contributed by atoms with E-state index in [1.54, 1.807) is 0 Å². The van der Waals surface area contributed by atoms with Gasteiger partial charge in [0.2, 0.25) is 0 Å². The molecule has 134 valence electrons. The number of H-pyrrole nitrogens is 2. The Hall–Kier alpha value is -2.28. The number of halogens is 4. The number of nitrogens with zero attached hydrogens (tertiary/aromatic N) is 2. The largest absolute Gasteiger partial charge is 0.437 e. The summed E-state index contributed by atoms with van der Waals surface area (Å²) in [5.74, 6) is 0. The van der Waals surface area contributed by atoms with Crippen LogP contribution in [-0.2, 0) is 23.2 Å². The zero-order valence-electron chi connectivity index (χ0n) is 12.3. The number of fused-ring (bicyclic) bond motifs is 1. The van der Waals surface area contributed by atoms with Gasteiger partial charge in [-0.1, -0.05) is 0 Å². The van der Waals surface area contributed by atoms with E-state index in [0.717, 1.165) is 16.9 Å². The minimum Gasteiger partial charge on any atom is -0.306 e. The second kappa shape index (κ2) is 5.62. The van der Waals surface area contributed by atoms with E-state index >= 15 is 0 Å². The minimum absolute atomic E-state index is 0.0696. The van der Waals surface area contributed by atoms with Crippen LogP contribution in [0.5, 0.6) is 0 Å². The zero-order valence-corrected chi connectivity index (χ0v) is 14.7. The van der Waals surface area contributed by atoms with Gasteiger partial charge in [-0.15, -0.1) is 0 Å². The van der Waals surface area contributed by atoms with Crippen molar-refractivity contribution in [3.05, 3.63) is 39.0 Å². The molecule has 13 heteroatoms. The summed E-state index contributed by atoms with van der Waals surface area (Å²) in [7, 11) is -3.15. The lowest BCUT2D eigenvalue weighted by atomic mass is 10.3. The Kier molecular flexibility index (Phi) is 3.95. The Bertz CT molecular complexity index is 1130. The van der Waals surface area contributed by atoms with Gasteiger partial charge in [0.1, 0.15) is 4.90 Å². The predicted molar refractivity (Wildman–Crippen MR) is 85.6 cm³/mol. The quantitative estimate of drug-likeness (QED) is 0.580. The fourth-order valence-corrected chi connectivity index (χ4v) is 4.33. The van der Waals surface area contributed by atoms with Gasteiger partial charge in [-0.25, -0.2) is 13.2 Å². The Morgan fingerprint density at radius 3 is 2.44 bits per heavy atom. The summed E-state index contributed by atoms with van der Waals surface area (Å²) in [6.45, 7) is 0. The molecule has 0 amide bonds. The third kappa shape index (κ3) is 3.28. The Labute approximate surface area is 146 Å². The van der Waals surface area contributed by atoms with Crippen molar-refractivity contribution in [3.63, 3.8) is 0 Å². The van der Waals surface area contributed by atoms with Gasteiger partial charge < -0.3 is 9.97 Å². The number of anilines is 1. The van der Waals surface area contributed by atoms with Crippen LogP contribution in [0.1, 0.15) is 5.69 Å². The van der Waals surface area contributed by atoms with Gasteiger partial charge in [-0.3, -0.25) is 9.40 Å². The maximum atomic E-state index is 13.0. The van der Waals surface area contributed by atoms with Crippen LogP contribution in [0.3, 0.4) is 0 Å². The highest BCUT2D eigenvalue weighted by atomic mass is 79.9. The van der Waals surface area contributed by atoms with E-state index in [2.05, 4.69) is 31.0 Å². The number of nitrogens with one attached hydrogen (secondary N) is 3.